The Balaban J connectivity index is 1.85. The van der Waals surface area contributed by atoms with Gasteiger partial charge in [-0.05, 0) is 44.5 Å². The smallest absolute Gasteiger partial charge is 0.111 e. The largest absolute Gasteiger partial charge is 0.326 e. The molecule has 1 aromatic heterocycles. The zero-order chi connectivity index (χ0) is 14.7. The molecule has 2 heterocycles. The van der Waals surface area contributed by atoms with E-state index in [9.17, 15) is 0 Å². The minimum absolute atomic E-state index is 0.631. The van der Waals surface area contributed by atoms with Crippen molar-refractivity contribution in [1.82, 2.24) is 14.5 Å². The van der Waals surface area contributed by atoms with Gasteiger partial charge in [0.25, 0.3) is 0 Å². The average molecular weight is 306 g/mol. The van der Waals surface area contributed by atoms with Crippen LogP contribution in [0.1, 0.15) is 30.7 Å². The quantitative estimate of drug-likeness (QED) is 0.787. The molecule has 0 radical (unpaired) electrons. The molecule has 21 heavy (non-hydrogen) atoms. The van der Waals surface area contributed by atoms with Gasteiger partial charge in [0.2, 0.25) is 0 Å². The van der Waals surface area contributed by atoms with Gasteiger partial charge in [-0.15, -0.1) is 11.6 Å². The van der Waals surface area contributed by atoms with Crippen LogP contribution in [-0.4, -0.2) is 40.0 Å². The molecule has 1 aliphatic rings. The van der Waals surface area contributed by atoms with Gasteiger partial charge < -0.3 is 9.47 Å². The molecule has 4 heteroatoms. The highest BCUT2D eigenvalue weighted by molar-refractivity contribution is 6.17. The average Bonchev–Trinajstić information content (AvgIpc) is 2.85. The predicted molar refractivity (Wildman–Crippen MR) is 89.2 cm³/mol. The highest BCUT2D eigenvalue weighted by atomic mass is 35.5. The third-order valence-electron chi connectivity index (χ3n) is 4.45. The van der Waals surface area contributed by atoms with Gasteiger partial charge in [-0.3, -0.25) is 0 Å². The number of hydrogen-bond acceptors (Lipinski definition) is 2. The minimum Gasteiger partial charge on any atom is -0.326 e. The van der Waals surface area contributed by atoms with Gasteiger partial charge >= 0.3 is 0 Å². The number of piperidine rings is 1. The molecule has 0 N–H and O–H groups in total. The van der Waals surface area contributed by atoms with Crippen LogP contribution in [0.2, 0.25) is 0 Å². The van der Waals surface area contributed by atoms with Crippen LogP contribution >= 0.6 is 11.6 Å². The van der Waals surface area contributed by atoms with Crippen LogP contribution in [-0.2, 0) is 13.0 Å². The number of fused-ring (bicyclic) bond motifs is 1. The molecule has 1 aromatic carbocycles. The Morgan fingerprint density at radius 3 is 2.71 bits per heavy atom. The molecular formula is C17H24ClN3. The van der Waals surface area contributed by atoms with E-state index in [4.69, 9.17) is 16.6 Å². The van der Waals surface area contributed by atoms with Gasteiger partial charge in [0.15, 0.2) is 0 Å². The molecule has 0 saturated carbocycles. The number of para-hydroxylation sites is 1. The summed E-state index contributed by atoms with van der Waals surface area (Å²) in [6.07, 6.45) is 4.92. The van der Waals surface area contributed by atoms with Gasteiger partial charge in [0.05, 0.1) is 11.0 Å². The molecule has 1 saturated heterocycles. The normalized spacial score (nSPS) is 16.7. The lowest BCUT2D eigenvalue weighted by molar-refractivity contribution is 0.221. The number of imidazole rings is 1. The van der Waals surface area contributed by atoms with E-state index < -0.39 is 0 Å². The first kappa shape index (κ1) is 14.9. The molecule has 0 amide bonds. The van der Waals surface area contributed by atoms with Crippen molar-refractivity contribution in [2.24, 2.45) is 0 Å². The Morgan fingerprint density at radius 1 is 1.14 bits per heavy atom. The highest BCUT2D eigenvalue weighted by Crippen LogP contribution is 2.21. The first-order valence-electron chi connectivity index (χ1n) is 8.02. The lowest BCUT2D eigenvalue weighted by Crippen LogP contribution is -2.32. The second-order valence-corrected chi connectivity index (χ2v) is 6.34. The van der Waals surface area contributed by atoms with E-state index in [1.54, 1.807) is 0 Å². The van der Waals surface area contributed by atoms with Gasteiger partial charge in [-0.25, -0.2) is 4.98 Å². The molecule has 2 aromatic rings. The fourth-order valence-corrected chi connectivity index (χ4v) is 3.52. The molecule has 1 fully saturated rings. The number of rotatable bonds is 5. The number of alkyl halides is 1. The Morgan fingerprint density at radius 2 is 1.95 bits per heavy atom. The van der Waals surface area contributed by atoms with E-state index >= 15 is 0 Å². The molecule has 114 valence electrons. The highest BCUT2D eigenvalue weighted by Gasteiger charge is 2.14. The summed E-state index contributed by atoms with van der Waals surface area (Å²) in [5, 5.41) is 0. The Bertz CT molecular complexity index is 599. The second kappa shape index (κ2) is 6.80. The third kappa shape index (κ3) is 3.24. The van der Waals surface area contributed by atoms with Gasteiger partial charge in [-0.2, -0.15) is 0 Å². The summed E-state index contributed by atoms with van der Waals surface area (Å²) in [6, 6.07) is 6.37. The van der Waals surface area contributed by atoms with Crippen LogP contribution < -0.4 is 0 Å². The van der Waals surface area contributed by atoms with Gasteiger partial charge in [0.1, 0.15) is 5.82 Å². The maximum absolute atomic E-state index is 5.96. The number of halogens is 1. The van der Waals surface area contributed by atoms with Crippen molar-refractivity contribution in [3.05, 3.63) is 29.6 Å². The minimum atomic E-state index is 0.631. The number of hydrogen-bond donors (Lipinski definition) is 0. The summed E-state index contributed by atoms with van der Waals surface area (Å²) in [7, 11) is 0. The monoisotopic (exact) mass is 305 g/mol. The van der Waals surface area contributed by atoms with Crippen molar-refractivity contribution in [2.45, 2.75) is 39.2 Å². The Hall–Kier alpha value is -1.06. The molecule has 1 aliphatic heterocycles. The molecule has 0 spiro atoms. The van der Waals surface area contributed by atoms with Crippen LogP contribution in [0.25, 0.3) is 11.0 Å². The fourth-order valence-electron chi connectivity index (χ4n) is 3.35. The third-order valence-corrected chi connectivity index (χ3v) is 4.64. The summed E-state index contributed by atoms with van der Waals surface area (Å²) >= 11 is 5.96. The SMILES string of the molecule is Cc1cccc2nc(CCCl)n(CCN3CCCCC3)c12. The van der Waals surface area contributed by atoms with E-state index in [1.165, 1.54) is 43.4 Å². The first-order chi connectivity index (χ1) is 10.3. The number of nitrogens with zero attached hydrogens (tertiary/aromatic N) is 3. The number of aromatic nitrogens is 2. The van der Waals surface area contributed by atoms with Crippen LogP contribution in [0.4, 0.5) is 0 Å². The maximum atomic E-state index is 5.96. The predicted octanol–water partition coefficient (Wildman–Crippen LogP) is 3.61. The van der Waals surface area contributed by atoms with E-state index in [0.717, 1.165) is 30.9 Å². The summed E-state index contributed by atoms with van der Waals surface area (Å²) in [4.78, 5) is 7.37. The van der Waals surface area contributed by atoms with Crippen molar-refractivity contribution in [2.75, 3.05) is 25.5 Å². The summed E-state index contributed by atoms with van der Waals surface area (Å²) < 4.78 is 2.39. The maximum Gasteiger partial charge on any atom is 0.111 e. The molecule has 0 bridgehead atoms. The molecule has 0 atom stereocenters. The van der Waals surface area contributed by atoms with E-state index in [0.29, 0.717) is 5.88 Å². The molecule has 3 nitrogen and oxygen atoms in total. The van der Waals surface area contributed by atoms with Gasteiger partial charge in [0, 0.05) is 25.4 Å². The summed E-state index contributed by atoms with van der Waals surface area (Å²) in [5.41, 5.74) is 3.70. The van der Waals surface area contributed by atoms with E-state index in [-0.39, 0.29) is 0 Å². The molecule has 0 aliphatic carbocycles. The van der Waals surface area contributed by atoms with Crippen molar-refractivity contribution in [3.63, 3.8) is 0 Å². The number of benzene rings is 1. The van der Waals surface area contributed by atoms with E-state index in [1.807, 2.05) is 0 Å². The standard InChI is InChI=1S/C17H24ClN3/c1-14-6-5-7-15-17(14)21(16(19-15)8-9-18)13-12-20-10-3-2-4-11-20/h5-7H,2-4,8-13H2,1H3. The van der Waals surface area contributed by atoms with Crippen LogP contribution in [0.5, 0.6) is 0 Å². The van der Waals surface area contributed by atoms with Gasteiger partial charge in [-0.1, -0.05) is 18.6 Å². The van der Waals surface area contributed by atoms with Crippen LogP contribution in [0.3, 0.4) is 0 Å². The first-order valence-corrected chi connectivity index (χ1v) is 8.56. The Labute approximate surface area is 131 Å². The van der Waals surface area contributed by atoms with Crippen LogP contribution in [0, 0.1) is 6.92 Å². The van der Waals surface area contributed by atoms with Crippen molar-refractivity contribution < 1.29 is 0 Å². The zero-order valence-electron chi connectivity index (χ0n) is 12.8. The number of likely N-dealkylation sites (tertiary alicyclic amines) is 1. The lowest BCUT2D eigenvalue weighted by Gasteiger charge is -2.26. The molecular weight excluding hydrogens is 282 g/mol. The second-order valence-electron chi connectivity index (χ2n) is 5.96. The lowest BCUT2D eigenvalue weighted by atomic mass is 10.1. The topological polar surface area (TPSA) is 21.1 Å². The fraction of sp³-hybridized carbons (Fsp3) is 0.588. The van der Waals surface area contributed by atoms with Crippen molar-refractivity contribution in [1.29, 1.82) is 0 Å². The van der Waals surface area contributed by atoms with Crippen molar-refractivity contribution >= 4 is 22.6 Å². The summed E-state index contributed by atoms with van der Waals surface area (Å²) in [5.74, 6) is 1.76. The molecule has 3 rings (SSSR count). The zero-order valence-corrected chi connectivity index (χ0v) is 13.6. The van der Waals surface area contributed by atoms with Crippen molar-refractivity contribution in [3.8, 4) is 0 Å². The summed E-state index contributed by atoms with van der Waals surface area (Å²) in [6.45, 7) is 6.81. The number of aryl methyl sites for hydroxylation is 2. The Kier molecular flexibility index (Phi) is 4.81. The van der Waals surface area contributed by atoms with Crippen LogP contribution in [0.15, 0.2) is 18.2 Å². The van der Waals surface area contributed by atoms with E-state index in [2.05, 4.69) is 34.6 Å². The molecule has 0 unspecified atom stereocenters.